The third kappa shape index (κ3) is 2.82. The molecule has 0 nitrogen and oxygen atoms in total. The fourth-order valence-electron chi connectivity index (χ4n) is 0.735. The van der Waals surface area contributed by atoms with Crippen molar-refractivity contribution in [3.05, 3.63) is 35.0 Å². The molecule has 2 heterocycles. The summed E-state index contributed by atoms with van der Waals surface area (Å²) in [5, 5.41) is 4.00. The van der Waals surface area contributed by atoms with Gasteiger partial charge < -0.3 is 0 Å². The molecule has 0 fully saturated rings. The first kappa shape index (κ1) is 12.6. The van der Waals surface area contributed by atoms with Crippen molar-refractivity contribution in [3.8, 4) is 9.75 Å². The summed E-state index contributed by atoms with van der Waals surface area (Å²) in [6, 6.07) is 10.1. The maximum absolute atomic E-state index is 3.15. The van der Waals surface area contributed by atoms with E-state index >= 15 is 0 Å². The molecule has 0 spiro atoms. The summed E-state index contributed by atoms with van der Waals surface area (Å²) in [4.78, 5) is 2.47. The van der Waals surface area contributed by atoms with Crippen molar-refractivity contribution in [1.29, 1.82) is 0 Å². The second-order valence-electron chi connectivity index (χ2n) is 1.81. The summed E-state index contributed by atoms with van der Waals surface area (Å²) >= 11 is 3.42. The Kier molecular flexibility index (Phi) is 6.41. The van der Waals surface area contributed by atoms with E-state index < -0.39 is 0 Å². The molecule has 2 aromatic rings. The Morgan fingerprint density at radius 3 is 2.50 bits per heavy atom. The van der Waals surface area contributed by atoms with E-state index in [4.69, 9.17) is 0 Å². The van der Waals surface area contributed by atoms with Gasteiger partial charge in [0.05, 0.1) is 0 Å². The van der Waals surface area contributed by atoms with E-state index in [2.05, 4.69) is 12.1 Å². The van der Waals surface area contributed by atoms with Crippen molar-refractivity contribution >= 4 is 22.7 Å². The standard InChI is InChI=1S/C8H4S2.2Li/c1-3-7(9-5-1)8-4-2-6-10-8;;/h1,4-6H;;/q-2;2*+1. The topological polar surface area (TPSA) is 0 Å². The Morgan fingerprint density at radius 1 is 1.17 bits per heavy atom. The van der Waals surface area contributed by atoms with Crippen LogP contribution in [-0.2, 0) is 0 Å². The molecule has 0 aromatic carbocycles. The predicted molar refractivity (Wildman–Crippen MR) is 45.3 cm³/mol. The summed E-state index contributed by atoms with van der Waals surface area (Å²) in [5.41, 5.74) is 0. The molecular weight excluding hydrogens is 174 g/mol. The number of hydrogen-bond acceptors (Lipinski definition) is 2. The van der Waals surface area contributed by atoms with Gasteiger partial charge in [0, 0.05) is 0 Å². The third-order valence-corrected chi connectivity index (χ3v) is 2.97. The van der Waals surface area contributed by atoms with Crippen LogP contribution in [-0.4, -0.2) is 0 Å². The Bertz CT molecular complexity index is 254. The van der Waals surface area contributed by atoms with E-state index in [0.717, 1.165) is 0 Å². The summed E-state index contributed by atoms with van der Waals surface area (Å²) in [6.45, 7) is 0. The molecule has 50 valence electrons. The first-order valence-electron chi connectivity index (χ1n) is 2.87. The van der Waals surface area contributed by atoms with E-state index in [1.165, 1.54) is 9.75 Å². The molecule has 2 aromatic heterocycles. The van der Waals surface area contributed by atoms with Crippen molar-refractivity contribution in [3.63, 3.8) is 0 Å². The van der Waals surface area contributed by atoms with Crippen LogP contribution in [0.4, 0.5) is 0 Å². The van der Waals surface area contributed by atoms with Gasteiger partial charge in [0.2, 0.25) is 0 Å². The maximum atomic E-state index is 3.15. The average Bonchev–Trinajstić information content (AvgIpc) is 2.59. The Balaban J connectivity index is 0.000000605. The maximum Gasteiger partial charge on any atom is 1.00 e. The average molecular weight is 178 g/mol. The second kappa shape index (κ2) is 6.11. The normalized spacial score (nSPS) is 8.33. The minimum Gasteiger partial charge on any atom is -0.238 e. The minimum absolute atomic E-state index is 0. The van der Waals surface area contributed by atoms with Gasteiger partial charge in [-0.2, -0.15) is 18.2 Å². The van der Waals surface area contributed by atoms with Gasteiger partial charge in [-0.15, -0.1) is 10.8 Å². The summed E-state index contributed by atoms with van der Waals surface area (Å²) < 4.78 is 0. The van der Waals surface area contributed by atoms with E-state index in [1.54, 1.807) is 22.7 Å². The van der Waals surface area contributed by atoms with Crippen LogP contribution in [0, 0.1) is 12.1 Å². The number of rotatable bonds is 1. The van der Waals surface area contributed by atoms with Crippen molar-refractivity contribution in [2.75, 3.05) is 0 Å². The smallest absolute Gasteiger partial charge is 0.238 e. The molecular formula is C8H4Li2S2. The van der Waals surface area contributed by atoms with Crippen molar-refractivity contribution in [2.24, 2.45) is 0 Å². The zero-order valence-electron chi connectivity index (χ0n) is 7.13. The van der Waals surface area contributed by atoms with Crippen LogP contribution in [0.2, 0.25) is 0 Å². The van der Waals surface area contributed by atoms with Crippen molar-refractivity contribution in [2.45, 2.75) is 0 Å². The molecule has 0 aliphatic carbocycles. The fourth-order valence-corrected chi connectivity index (χ4v) is 2.17. The molecule has 0 unspecified atom stereocenters. The largest absolute Gasteiger partial charge is 1.00 e. The SMILES string of the molecule is [Li+].[Li+].[c-]1csc(-c2[c-]ccs2)c1. The minimum atomic E-state index is 0. The zero-order chi connectivity index (χ0) is 6.81. The van der Waals surface area contributed by atoms with E-state index in [0.29, 0.717) is 0 Å². The van der Waals surface area contributed by atoms with Gasteiger partial charge in [-0.05, 0) is 0 Å². The third-order valence-electron chi connectivity index (χ3n) is 1.16. The molecule has 0 saturated heterocycles. The number of thiophene rings is 2. The van der Waals surface area contributed by atoms with Gasteiger partial charge in [0.25, 0.3) is 0 Å². The van der Waals surface area contributed by atoms with Crippen LogP contribution >= 0.6 is 22.7 Å². The van der Waals surface area contributed by atoms with Gasteiger partial charge in [-0.25, -0.2) is 28.7 Å². The Morgan fingerprint density at radius 2 is 2.00 bits per heavy atom. The fraction of sp³-hybridized carbons (Fsp3) is 0. The molecule has 0 aliphatic heterocycles. The van der Waals surface area contributed by atoms with Gasteiger partial charge in [-0.3, -0.25) is 0 Å². The Labute approximate surface area is 104 Å². The predicted octanol–water partition coefficient (Wildman–Crippen LogP) is -2.92. The summed E-state index contributed by atoms with van der Waals surface area (Å²) in [6.07, 6.45) is 0. The zero-order valence-corrected chi connectivity index (χ0v) is 8.76. The quantitative estimate of drug-likeness (QED) is 0.324. The van der Waals surface area contributed by atoms with Gasteiger partial charge in [-0.1, -0.05) is 9.75 Å². The van der Waals surface area contributed by atoms with Crippen LogP contribution in [0.3, 0.4) is 0 Å². The molecule has 0 N–H and O–H groups in total. The van der Waals surface area contributed by atoms with E-state index in [-0.39, 0.29) is 37.7 Å². The summed E-state index contributed by atoms with van der Waals surface area (Å²) in [5.74, 6) is 0. The molecule has 0 amide bonds. The molecule has 2 rings (SSSR count). The molecule has 0 bridgehead atoms. The first-order chi connectivity index (χ1) is 4.97. The molecule has 4 heteroatoms. The van der Waals surface area contributed by atoms with Crippen LogP contribution < -0.4 is 37.7 Å². The van der Waals surface area contributed by atoms with Crippen LogP contribution in [0.5, 0.6) is 0 Å². The van der Waals surface area contributed by atoms with Crippen molar-refractivity contribution in [1.82, 2.24) is 0 Å². The van der Waals surface area contributed by atoms with Crippen LogP contribution in [0.15, 0.2) is 22.9 Å². The summed E-state index contributed by atoms with van der Waals surface area (Å²) in [7, 11) is 0. The monoisotopic (exact) mass is 178 g/mol. The van der Waals surface area contributed by atoms with Gasteiger partial charge in [0.15, 0.2) is 0 Å². The molecule has 12 heavy (non-hydrogen) atoms. The number of hydrogen-bond donors (Lipinski definition) is 0. The van der Waals surface area contributed by atoms with E-state index in [1.807, 2.05) is 22.9 Å². The molecule has 0 aliphatic rings. The van der Waals surface area contributed by atoms with Crippen molar-refractivity contribution < 1.29 is 37.7 Å². The van der Waals surface area contributed by atoms with Gasteiger partial charge in [0.1, 0.15) is 0 Å². The van der Waals surface area contributed by atoms with Crippen LogP contribution in [0.1, 0.15) is 0 Å². The first-order valence-corrected chi connectivity index (χ1v) is 4.63. The van der Waals surface area contributed by atoms with Gasteiger partial charge >= 0.3 is 37.7 Å². The molecule has 0 radical (unpaired) electrons. The van der Waals surface area contributed by atoms with Crippen LogP contribution in [0.25, 0.3) is 9.75 Å². The molecule has 0 atom stereocenters. The molecule has 0 saturated carbocycles. The Hall–Kier alpha value is 0.595. The second-order valence-corrected chi connectivity index (χ2v) is 3.63. The van der Waals surface area contributed by atoms with E-state index in [9.17, 15) is 0 Å².